The Morgan fingerprint density at radius 2 is 1.85 bits per heavy atom. The fourth-order valence-electron chi connectivity index (χ4n) is 3.38. The number of likely N-dealkylation sites (tertiary alicyclic amines) is 1. The number of hydrogen-bond acceptors (Lipinski definition) is 3. The molecule has 1 heterocycles. The van der Waals surface area contributed by atoms with Crippen LogP contribution in [0.2, 0.25) is 5.02 Å². The summed E-state index contributed by atoms with van der Waals surface area (Å²) in [6, 6.07) is 5.14. The second kappa shape index (κ2) is 4.77. The first-order valence-corrected chi connectivity index (χ1v) is 7.24. The minimum absolute atomic E-state index is 0.0429. The Hall–Kier alpha value is -1.55. The standard InChI is InChI=1S/C15H17ClN2O2/c1-8-4-11-12(5-8)15(20)18(14(11)19)7-9-2-3-10(16)6-13(9)17/h2-3,6,8,11-12H,4-5,7,17H2,1H3. The van der Waals surface area contributed by atoms with Crippen molar-refractivity contribution in [3.05, 3.63) is 28.8 Å². The van der Waals surface area contributed by atoms with Crippen molar-refractivity contribution in [1.29, 1.82) is 0 Å². The van der Waals surface area contributed by atoms with Gasteiger partial charge in [0.15, 0.2) is 0 Å². The quantitative estimate of drug-likeness (QED) is 0.673. The van der Waals surface area contributed by atoms with E-state index in [9.17, 15) is 9.59 Å². The predicted molar refractivity (Wildman–Crippen MR) is 76.8 cm³/mol. The number of benzene rings is 1. The third kappa shape index (κ3) is 2.08. The Morgan fingerprint density at radius 3 is 2.40 bits per heavy atom. The van der Waals surface area contributed by atoms with Gasteiger partial charge in [0.2, 0.25) is 11.8 Å². The second-order valence-corrected chi connectivity index (χ2v) is 6.33. The molecule has 0 spiro atoms. The van der Waals surface area contributed by atoms with Crippen LogP contribution in [0.25, 0.3) is 0 Å². The van der Waals surface area contributed by atoms with E-state index >= 15 is 0 Å². The van der Waals surface area contributed by atoms with Crippen LogP contribution in [0.1, 0.15) is 25.3 Å². The zero-order valence-corrected chi connectivity index (χ0v) is 12.1. The summed E-state index contributed by atoms with van der Waals surface area (Å²) < 4.78 is 0. The predicted octanol–water partition coefficient (Wildman–Crippen LogP) is 2.45. The molecule has 0 aromatic heterocycles. The van der Waals surface area contributed by atoms with Crippen LogP contribution in [-0.4, -0.2) is 16.7 Å². The molecule has 1 saturated carbocycles. The van der Waals surface area contributed by atoms with Crippen molar-refractivity contribution in [2.45, 2.75) is 26.3 Å². The normalized spacial score (nSPS) is 29.1. The number of nitrogen functional groups attached to an aromatic ring is 1. The minimum atomic E-state index is -0.119. The number of imide groups is 1. The highest BCUT2D eigenvalue weighted by molar-refractivity contribution is 6.30. The molecule has 2 aliphatic rings. The van der Waals surface area contributed by atoms with Gasteiger partial charge in [-0.1, -0.05) is 24.6 Å². The Kier molecular flexibility index (Phi) is 3.21. The molecule has 4 nitrogen and oxygen atoms in total. The highest BCUT2D eigenvalue weighted by Crippen LogP contribution is 2.43. The van der Waals surface area contributed by atoms with Gasteiger partial charge in [-0.3, -0.25) is 14.5 Å². The minimum Gasteiger partial charge on any atom is -0.398 e. The van der Waals surface area contributed by atoms with E-state index < -0.39 is 0 Å². The summed E-state index contributed by atoms with van der Waals surface area (Å²) >= 11 is 5.86. The molecule has 20 heavy (non-hydrogen) atoms. The summed E-state index contributed by atoms with van der Waals surface area (Å²) in [5, 5.41) is 0.552. The summed E-state index contributed by atoms with van der Waals surface area (Å²) in [6.45, 7) is 2.35. The molecular formula is C15H17ClN2O2. The van der Waals surface area contributed by atoms with Gasteiger partial charge in [-0.2, -0.15) is 0 Å². The number of anilines is 1. The van der Waals surface area contributed by atoms with Gasteiger partial charge < -0.3 is 5.73 Å². The van der Waals surface area contributed by atoms with E-state index in [2.05, 4.69) is 6.92 Å². The van der Waals surface area contributed by atoms with Crippen molar-refractivity contribution in [2.24, 2.45) is 17.8 Å². The number of nitrogens with zero attached hydrogens (tertiary/aromatic N) is 1. The first-order chi connectivity index (χ1) is 9.47. The molecule has 106 valence electrons. The van der Waals surface area contributed by atoms with E-state index in [4.69, 9.17) is 17.3 Å². The van der Waals surface area contributed by atoms with E-state index in [1.807, 2.05) is 0 Å². The zero-order valence-electron chi connectivity index (χ0n) is 11.3. The van der Waals surface area contributed by atoms with E-state index in [0.29, 0.717) is 16.6 Å². The Balaban J connectivity index is 1.82. The Labute approximate surface area is 122 Å². The molecule has 1 saturated heterocycles. The van der Waals surface area contributed by atoms with Gasteiger partial charge in [0.05, 0.1) is 18.4 Å². The number of fused-ring (bicyclic) bond motifs is 1. The first kappa shape index (κ1) is 13.4. The lowest BCUT2D eigenvalue weighted by Crippen LogP contribution is -2.32. The molecule has 5 heteroatoms. The van der Waals surface area contributed by atoms with Gasteiger partial charge in [0.1, 0.15) is 0 Å². The number of carbonyl (C=O) groups excluding carboxylic acids is 2. The van der Waals surface area contributed by atoms with Crippen LogP contribution in [0, 0.1) is 17.8 Å². The van der Waals surface area contributed by atoms with Gasteiger partial charge in [0.25, 0.3) is 0 Å². The fraction of sp³-hybridized carbons (Fsp3) is 0.467. The monoisotopic (exact) mass is 292 g/mol. The largest absolute Gasteiger partial charge is 0.398 e. The number of halogens is 1. The van der Waals surface area contributed by atoms with Crippen molar-refractivity contribution < 1.29 is 9.59 Å². The molecule has 1 aromatic rings. The molecule has 2 fully saturated rings. The average molecular weight is 293 g/mol. The maximum absolute atomic E-state index is 12.4. The SMILES string of the molecule is CC1CC2C(=O)N(Cc3ccc(Cl)cc3N)C(=O)C2C1. The van der Waals surface area contributed by atoms with E-state index in [1.165, 1.54) is 4.90 Å². The summed E-state index contributed by atoms with van der Waals surface area (Å²) in [7, 11) is 0. The molecule has 1 aromatic carbocycles. The van der Waals surface area contributed by atoms with Crippen LogP contribution in [-0.2, 0) is 16.1 Å². The van der Waals surface area contributed by atoms with Crippen LogP contribution in [0.15, 0.2) is 18.2 Å². The molecule has 0 radical (unpaired) electrons. The van der Waals surface area contributed by atoms with Gasteiger partial charge >= 0.3 is 0 Å². The van der Waals surface area contributed by atoms with Crippen molar-refractivity contribution >= 4 is 29.1 Å². The lowest BCUT2D eigenvalue weighted by Gasteiger charge is -2.18. The maximum atomic E-state index is 12.4. The zero-order chi connectivity index (χ0) is 14.4. The van der Waals surface area contributed by atoms with Crippen LogP contribution in [0.3, 0.4) is 0 Å². The molecular weight excluding hydrogens is 276 g/mol. The van der Waals surface area contributed by atoms with Crippen molar-refractivity contribution in [3.63, 3.8) is 0 Å². The maximum Gasteiger partial charge on any atom is 0.233 e. The molecule has 1 aliphatic heterocycles. The lowest BCUT2D eigenvalue weighted by molar-refractivity contribution is -0.141. The van der Waals surface area contributed by atoms with Gasteiger partial charge in [-0.05, 0) is 36.5 Å². The van der Waals surface area contributed by atoms with E-state index in [1.54, 1.807) is 18.2 Å². The number of nitrogens with two attached hydrogens (primary N) is 1. The number of rotatable bonds is 2. The molecule has 2 unspecified atom stereocenters. The highest BCUT2D eigenvalue weighted by Gasteiger charge is 2.51. The Bertz CT molecular complexity index is 563. The topological polar surface area (TPSA) is 63.4 Å². The summed E-state index contributed by atoms with van der Waals surface area (Å²) in [4.78, 5) is 26.1. The van der Waals surface area contributed by atoms with Crippen LogP contribution in [0.4, 0.5) is 5.69 Å². The van der Waals surface area contributed by atoms with E-state index in [-0.39, 0.29) is 30.2 Å². The van der Waals surface area contributed by atoms with Crippen molar-refractivity contribution in [3.8, 4) is 0 Å². The highest BCUT2D eigenvalue weighted by atomic mass is 35.5. The number of carbonyl (C=O) groups is 2. The van der Waals surface area contributed by atoms with Crippen molar-refractivity contribution in [1.82, 2.24) is 4.90 Å². The summed E-state index contributed by atoms with van der Waals surface area (Å²) in [6.07, 6.45) is 1.64. The third-order valence-electron chi connectivity index (χ3n) is 4.40. The van der Waals surface area contributed by atoms with Gasteiger partial charge in [-0.25, -0.2) is 0 Å². The molecule has 1 aliphatic carbocycles. The van der Waals surface area contributed by atoms with Gasteiger partial charge in [0, 0.05) is 10.7 Å². The fourth-order valence-corrected chi connectivity index (χ4v) is 3.56. The van der Waals surface area contributed by atoms with Gasteiger partial charge in [-0.15, -0.1) is 0 Å². The van der Waals surface area contributed by atoms with Crippen LogP contribution >= 0.6 is 11.6 Å². The summed E-state index contributed by atoms with van der Waals surface area (Å²) in [5.74, 6) is 0.134. The average Bonchev–Trinajstić information content (AvgIpc) is 2.86. The van der Waals surface area contributed by atoms with Crippen LogP contribution in [0.5, 0.6) is 0 Å². The van der Waals surface area contributed by atoms with Crippen molar-refractivity contribution in [2.75, 3.05) is 5.73 Å². The molecule has 0 bridgehead atoms. The third-order valence-corrected chi connectivity index (χ3v) is 4.64. The molecule has 3 rings (SSSR count). The second-order valence-electron chi connectivity index (χ2n) is 5.90. The lowest BCUT2D eigenvalue weighted by atomic mass is 10.00. The summed E-state index contributed by atoms with van der Waals surface area (Å²) in [5.41, 5.74) is 7.18. The first-order valence-electron chi connectivity index (χ1n) is 6.86. The smallest absolute Gasteiger partial charge is 0.233 e. The molecule has 2 atom stereocenters. The molecule has 2 amide bonds. The number of hydrogen-bond donors (Lipinski definition) is 1. The molecule has 2 N–H and O–H groups in total. The number of amides is 2. The Morgan fingerprint density at radius 1 is 1.25 bits per heavy atom. The van der Waals surface area contributed by atoms with E-state index in [0.717, 1.165) is 18.4 Å². The van der Waals surface area contributed by atoms with Crippen LogP contribution < -0.4 is 5.73 Å².